The van der Waals surface area contributed by atoms with Crippen molar-refractivity contribution in [2.45, 2.75) is 38.9 Å². The van der Waals surface area contributed by atoms with Crippen LogP contribution >= 0.6 is 0 Å². The second-order valence-electron chi connectivity index (χ2n) is 7.61. The zero-order chi connectivity index (χ0) is 18.3. The molecule has 0 saturated carbocycles. The Kier molecular flexibility index (Phi) is 4.44. The molecule has 4 rings (SSSR count). The summed E-state index contributed by atoms with van der Waals surface area (Å²) in [6.07, 6.45) is 3.91. The van der Waals surface area contributed by atoms with Crippen molar-refractivity contribution in [1.82, 2.24) is 19.4 Å². The van der Waals surface area contributed by atoms with E-state index in [1.807, 2.05) is 18.0 Å². The highest BCUT2D eigenvalue weighted by Crippen LogP contribution is 2.26. The third-order valence-corrected chi connectivity index (χ3v) is 5.64. The van der Waals surface area contributed by atoms with E-state index in [1.54, 1.807) is 4.57 Å². The van der Waals surface area contributed by atoms with E-state index in [9.17, 15) is 4.79 Å². The predicted molar refractivity (Wildman–Crippen MR) is 102 cm³/mol. The normalized spacial score (nSPS) is 18.4. The van der Waals surface area contributed by atoms with E-state index in [4.69, 9.17) is 0 Å². The molecule has 0 atom stereocenters. The molecule has 26 heavy (non-hydrogen) atoms. The van der Waals surface area contributed by atoms with Crippen molar-refractivity contribution in [3.05, 3.63) is 47.5 Å². The number of hydrogen-bond acceptors (Lipinski definition) is 4. The lowest BCUT2D eigenvalue weighted by Gasteiger charge is -2.36. The molecule has 1 aromatic carbocycles. The minimum Gasteiger partial charge on any atom is -0.378 e. The Balaban J connectivity index is 1.33. The summed E-state index contributed by atoms with van der Waals surface area (Å²) >= 11 is 0. The first kappa shape index (κ1) is 17.1. The molecule has 1 amide bonds. The number of carbonyl (C=O) groups is 1. The van der Waals surface area contributed by atoms with Crippen LogP contribution in [0, 0.1) is 6.92 Å². The van der Waals surface area contributed by atoms with E-state index in [0.29, 0.717) is 12.6 Å². The second kappa shape index (κ2) is 6.76. The number of imidazole rings is 1. The van der Waals surface area contributed by atoms with Gasteiger partial charge in [0.2, 0.25) is 0 Å². The fraction of sp³-hybridized carbons (Fsp3) is 0.500. The Bertz CT molecular complexity index is 787. The van der Waals surface area contributed by atoms with Gasteiger partial charge in [-0.15, -0.1) is 0 Å². The molecule has 0 aliphatic carbocycles. The van der Waals surface area contributed by atoms with E-state index in [-0.39, 0.29) is 6.03 Å². The minimum atomic E-state index is 0.104. The summed E-state index contributed by atoms with van der Waals surface area (Å²) in [6, 6.07) is 9.23. The molecule has 2 aromatic rings. The van der Waals surface area contributed by atoms with Crippen LogP contribution in [0.5, 0.6) is 0 Å². The predicted octanol–water partition coefficient (Wildman–Crippen LogP) is 2.71. The molecule has 0 bridgehead atoms. The van der Waals surface area contributed by atoms with Crippen molar-refractivity contribution in [3.63, 3.8) is 0 Å². The number of rotatable bonds is 4. The fourth-order valence-corrected chi connectivity index (χ4v) is 4.07. The molecule has 1 fully saturated rings. The number of benzene rings is 1. The maximum absolute atomic E-state index is 12.7. The van der Waals surface area contributed by atoms with Gasteiger partial charge < -0.3 is 9.80 Å². The van der Waals surface area contributed by atoms with Crippen LogP contribution in [0.15, 0.2) is 30.5 Å². The number of hydrogen-bond donors (Lipinski definition) is 0. The van der Waals surface area contributed by atoms with Crippen molar-refractivity contribution >= 4 is 11.7 Å². The van der Waals surface area contributed by atoms with Crippen molar-refractivity contribution < 1.29 is 4.79 Å². The molecular weight excluding hydrogens is 326 g/mol. The number of carbonyl (C=O) groups excluding carboxylic acids is 1. The second-order valence-corrected chi connectivity index (χ2v) is 7.61. The van der Waals surface area contributed by atoms with Gasteiger partial charge in [0.1, 0.15) is 5.82 Å². The third kappa shape index (κ3) is 3.09. The third-order valence-electron chi connectivity index (χ3n) is 5.64. The van der Waals surface area contributed by atoms with Crippen molar-refractivity contribution in [2.75, 3.05) is 32.1 Å². The number of amides is 1. The van der Waals surface area contributed by atoms with Crippen molar-refractivity contribution in [1.29, 1.82) is 0 Å². The number of nitrogens with zero attached hydrogens (tertiary/aromatic N) is 5. The summed E-state index contributed by atoms with van der Waals surface area (Å²) in [6.45, 7) is 5.66. The molecule has 0 unspecified atom stereocenters. The van der Waals surface area contributed by atoms with Gasteiger partial charge in [0.25, 0.3) is 0 Å². The average Bonchev–Trinajstić information content (AvgIpc) is 3.16. The van der Waals surface area contributed by atoms with Gasteiger partial charge in [-0.25, -0.2) is 9.78 Å². The van der Waals surface area contributed by atoms with Crippen molar-refractivity contribution in [3.8, 4) is 0 Å². The van der Waals surface area contributed by atoms with Crippen LogP contribution in [0.3, 0.4) is 0 Å². The highest BCUT2D eigenvalue weighted by atomic mass is 16.2. The molecular formula is C20H27N5O. The standard InChI is InChI=1S/C20H27N5O/c1-15-21-12-19-14-24(20(26)25(15)19)18-8-10-23(11-9-18)13-16-4-6-17(7-5-16)22(2)3/h4-7,12,18H,8-11,13-14H2,1-3H3. The molecule has 1 saturated heterocycles. The molecule has 0 N–H and O–H groups in total. The summed E-state index contributed by atoms with van der Waals surface area (Å²) in [5.74, 6) is 0.797. The van der Waals surface area contributed by atoms with E-state index >= 15 is 0 Å². The summed E-state index contributed by atoms with van der Waals surface area (Å²) in [5.41, 5.74) is 3.61. The van der Waals surface area contributed by atoms with E-state index in [2.05, 4.69) is 53.1 Å². The Hall–Kier alpha value is -2.34. The van der Waals surface area contributed by atoms with Crippen LogP contribution in [0.2, 0.25) is 0 Å². The van der Waals surface area contributed by atoms with Gasteiger partial charge in [-0.2, -0.15) is 0 Å². The number of aromatic nitrogens is 2. The largest absolute Gasteiger partial charge is 0.378 e. The quantitative estimate of drug-likeness (QED) is 0.848. The Morgan fingerprint density at radius 1 is 1.15 bits per heavy atom. The van der Waals surface area contributed by atoms with Crippen molar-refractivity contribution in [2.24, 2.45) is 0 Å². The molecule has 2 aliphatic heterocycles. The Morgan fingerprint density at radius 2 is 1.85 bits per heavy atom. The molecule has 3 heterocycles. The van der Waals surface area contributed by atoms with Crippen LogP contribution in [-0.2, 0) is 13.1 Å². The summed E-state index contributed by atoms with van der Waals surface area (Å²) in [5, 5.41) is 0. The van der Waals surface area contributed by atoms with Gasteiger partial charge in [-0.05, 0) is 37.5 Å². The van der Waals surface area contributed by atoms with Crippen LogP contribution < -0.4 is 4.90 Å². The summed E-state index contributed by atoms with van der Waals surface area (Å²) in [4.78, 5) is 23.6. The zero-order valence-corrected chi connectivity index (χ0v) is 15.9. The highest BCUT2D eigenvalue weighted by Gasteiger charge is 2.35. The first-order chi connectivity index (χ1) is 12.5. The number of piperidine rings is 1. The number of likely N-dealkylation sites (tertiary alicyclic amines) is 1. The number of aryl methyl sites for hydroxylation is 1. The zero-order valence-electron chi connectivity index (χ0n) is 15.9. The molecule has 0 spiro atoms. The van der Waals surface area contributed by atoms with Gasteiger partial charge >= 0.3 is 6.03 Å². The van der Waals surface area contributed by atoms with Gasteiger partial charge in [0, 0.05) is 45.5 Å². The maximum Gasteiger partial charge on any atom is 0.330 e. The molecule has 0 radical (unpaired) electrons. The minimum absolute atomic E-state index is 0.104. The molecule has 6 nitrogen and oxygen atoms in total. The smallest absolute Gasteiger partial charge is 0.330 e. The lowest BCUT2D eigenvalue weighted by molar-refractivity contribution is 0.123. The summed E-state index contributed by atoms with van der Waals surface area (Å²) in [7, 11) is 4.13. The lowest BCUT2D eigenvalue weighted by Crippen LogP contribution is -2.45. The van der Waals surface area contributed by atoms with E-state index in [0.717, 1.165) is 44.0 Å². The van der Waals surface area contributed by atoms with Crippen LogP contribution in [0.1, 0.15) is 29.9 Å². The van der Waals surface area contributed by atoms with Gasteiger partial charge in [-0.1, -0.05) is 12.1 Å². The van der Waals surface area contributed by atoms with Gasteiger partial charge in [0.05, 0.1) is 18.4 Å². The monoisotopic (exact) mass is 353 g/mol. The molecule has 2 aliphatic rings. The average molecular weight is 353 g/mol. The Morgan fingerprint density at radius 3 is 2.46 bits per heavy atom. The van der Waals surface area contributed by atoms with E-state index < -0.39 is 0 Å². The fourth-order valence-electron chi connectivity index (χ4n) is 4.07. The van der Waals surface area contributed by atoms with Gasteiger partial charge in [0.15, 0.2) is 0 Å². The topological polar surface area (TPSA) is 44.6 Å². The van der Waals surface area contributed by atoms with Crippen LogP contribution in [0.25, 0.3) is 0 Å². The first-order valence-corrected chi connectivity index (χ1v) is 9.36. The first-order valence-electron chi connectivity index (χ1n) is 9.36. The highest BCUT2D eigenvalue weighted by molar-refractivity contribution is 5.81. The lowest BCUT2D eigenvalue weighted by atomic mass is 10.0. The number of fused-ring (bicyclic) bond motifs is 1. The number of anilines is 1. The molecule has 138 valence electrons. The SMILES string of the molecule is Cc1ncc2n1C(=O)N(C1CCN(Cc3ccc(N(C)C)cc3)CC1)C2. The maximum atomic E-state index is 12.7. The Labute approximate surface area is 155 Å². The van der Waals surface area contributed by atoms with Crippen LogP contribution in [-0.4, -0.2) is 58.6 Å². The summed E-state index contributed by atoms with van der Waals surface area (Å²) < 4.78 is 1.76. The molecule has 6 heteroatoms. The van der Waals surface area contributed by atoms with Gasteiger partial charge in [-0.3, -0.25) is 9.47 Å². The van der Waals surface area contributed by atoms with E-state index in [1.165, 1.54) is 11.3 Å². The molecule has 1 aromatic heterocycles. The van der Waals surface area contributed by atoms with Crippen LogP contribution in [0.4, 0.5) is 10.5 Å².